The molecule has 29 heavy (non-hydrogen) atoms. The first kappa shape index (κ1) is 19.5. The Morgan fingerprint density at radius 3 is 2.79 bits per heavy atom. The van der Waals surface area contributed by atoms with Crippen molar-refractivity contribution in [3.05, 3.63) is 47.4 Å². The van der Waals surface area contributed by atoms with E-state index in [1.54, 1.807) is 37.3 Å². The zero-order valence-electron chi connectivity index (χ0n) is 15.8. The number of aromatic nitrogens is 4. The van der Waals surface area contributed by atoms with Crippen molar-refractivity contribution in [3.8, 4) is 0 Å². The molecule has 0 bridgehead atoms. The van der Waals surface area contributed by atoms with Crippen LogP contribution in [0.3, 0.4) is 0 Å². The number of benzene rings is 1. The lowest BCUT2D eigenvalue weighted by molar-refractivity contribution is -0.0974. The molecule has 3 aromatic rings. The second-order valence-corrected chi connectivity index (χ2v) is 7.33. The molecule has 0 spiro atoms. The Balaban J connectivity index is 1.78. The maximum atomic E-state index is 15.4. The summed E-state index contributed by atoms with van der Waals surface area (Å²) in [5.74, 6) is -0.716. The zero-order chi connectivity index (χ0) is 20.8. The van der Waals surface area contributed by atoms with Gasteiger partial charge in [0.05, 0.1) is 18.0 Å². The summed E-state index contributed by atoms with van der Waals surface area (Å²) < 4.78 is 28.5. The van der Waals surface area contributed by atoms with Crippen molar-refractivity contribution in [2.45, 2.75) is 44.4 Å². The molecule has 2 aromatic heterocycles. The van der Waals surface area contributed by atoms with Crippen LogP contribution < -0.4 is 5.73 Å². The van der Waals surface area contributed by atoms with Crippen LogP contribution in [0, 0.1) is 0 Å². The van der Waals surface area contributed by atoms with E-state index in [1.165, 1.54) is 17.8 Å². The normalized spacial score (nSPS) is 26.7. The standard InChI is InChI=1S/C19H19ClFN5O3/c1-3-11-13(21)19(2,29-16(27)10-7-5-4-6-8-10)17(28-11)26-9-23-12-14(20)24-18(22)25-15(12)26/h4-9,11,13,17H,3H2,1-2H3,(H2,22,24,25)/t11-,13-,17+,19+/m1/s1. The number of carbonyl (C=O) groups excluding carboxylic acids is 1. The smallest absolute Gasteiger partial charge is 0.338 e. The number of nitrogens with zero attached hydrogens (tertiary/aromatic N) is 4. The van der Waals surface area contributed by atoms with Crippen molar-refractivity contribution < 1.29 is 18.7 Å². The first-order chi connectivity index (χ1) is 13.8. The molecule has 0 amide bonds. The van der Waals surface area contributed by atoms with Crippen LogP contribution in [0.5, 0.6) is 0 Å². The molecule has 152 valence electrons. The lowest BCUT2D eigenvalue weighted by atomic mass is 9.96. The van der Waals surface area contributed by atoms with Gasteiger partial charge in [-0.2, -0.15) is 9.97 Å². The number of fused-ring (bicyclic) bond motifs is 1. The first-order valence-corrected chi connectivity index (χ1v) is 9.46. The van der Waals surface area contributed by atoms with Crippen LogP contribution in [-0.4, -0.2) is 43.4 Å². The predicted molar refractivity (Wildman–Crippen MR) is 104 cm³/mol. The fourth-order valence-electron chi connectivity index (χ4n) is 3.53. The molecule has 0 unspecified atom stereocenters. The number of nitrogens with two attached hydrogens (primary N) is 1. The van der Waals surface area contributed by atoms with E-state index in [1.807, 2.05) is 0 Å². The maximum absolute atomic E-state index is 15.4. The molecule has 2 N–H and O–H groups in total. The summed E-state index contributed by atoms with van der Waals surface area (Å²) in [7, 11) is 0. The fourth-order valence-corrected chi connectivity index (χ4v) is 3.75. The van der Waals surface area contributed by atoms with Crippen LogP contribution in [0.2, 0.25) is 5.15 Å². The number of rotatable bonds is 4. The van der Waals surface area contributed by atoms with Crippen LogP contribution in [0.4, 0.5) is 10.3 Å². The second kappa shape index (κ2) is 7.23. The Morgan fingerprint density at radius 2 is 2.10 bits per heavy atom. The van der Waals surface area contributed by atoms with E-state index < -0.39 is 30.1 Å². The molecule has 0 radical (unpaired) electrons. The van der Waals surface area contributed by atoms with Crippen molar-refractivity contribution in [2.75, 3.05) is 5.73 Å². The Kier molecular flexibility index (Phi) is 4.87. The Labute approximate surface area is 170 Å². The minimum atomic E-state index is -1.63. The monoisotopic (exact) mass is 419 g/mol. The number of hydrogen-bond donors (Lipinski definition) is 1. The third kappa shape index (κ3) is 3.20. The Bertz CT molecular complexity index is 1060. The quantitative estimate of drug-likeness (QED) is 0.510. The summed E-state index contributed by atoms with van der Waals surface area (Å²) in [5, 5.41) is 0.0658. The molecule has 10 heteroatoms. The number of esters is 1. The molecule has 4 atom stereocenters. The molecule has 8 nitrogen and oxygen atoms in total. The molecule has 4 rings (SSSR count). The summed E-state index contributed by atoms with van der Waals surface area (Å²) in [6.07, 6.45) is -1.58. The molecular formula is C19H19ClFN5O3. The van der Waals surface area contributed by atoms with Gasteiger partial charge in [0, 0.05) is 0 Å². The van der Waals surface area contributed by atoms with Crippen LogP contribution in [0.1, 0.15) is 36.9 Å². The van der Waals surface area contributed by atoms with Crippen molar-refractivity contribution in [1.82, 2.24) is 19.5 Å². The molecule has 1 aliphatic rings. The second-order valence-electron chi connectivity index (χ2n) is 6.97. The Hall–Kier alpha value is -2.78. The zero-order valence-corrected chi connectivity index (χ0v) is 16.5. The van der Waals surface area contributed by atoms with Crippen LogP contribution >= 0.6 is 11.6 Å². The van der Waals surface area contributed by atoms with Gasteiger partial charge in [-0.15, -0.1) is 0 Å². The van der Waals surface area contributed by atoms with Crippen LogP contribution in [-0.2, 0) is 9.47 Å². The molecular weight excluding hydrogens is 401 g/mol. The van der Waals surface area contributed by atoms with Gasteiger partial charge in [-0.25, -0.2) is 14.2 Å². The number of ether oxygens (including phenoxy) is 2. The lowest BCUT2D eigenvalue weighted by Gasteiger charge is -2.31. The molecule has 1 fully saturated rings. The first-order valence-electron chi connectivity index (χ1n) is 9.08. The van der Waals surface area contributed by atoms with Gasteiger partial charge in [0.25, 0.3) is 0 Å². The number of alkyl halides is 1. The third-order valence-corrected chi connectivity index (χ3v) is 5.30. The van der Waals surface area contributed by atoms with E-state index in [-0.39, 0.29) is 22.3 Å². The van der Waals surface area contributed by atoms with E-state index in [4.69, 9.17) is 26.8 Å². The highest BCUT2D eigenvalue weighted by Gasteiger charge is 2.58. The predicted octanol–water partition coefficient (Wildman–Crippen LogP) is 3.32. The molecule has 1 aromatic carbocycles. The molecule has 0 aliphatic carbocycles. The van der Waals surface area contributed by atoms with E-state index in [0.29, 0.717) is 12.0 Å². The average molecular weight is 420 g/mol. The van der Waals surface area contributed by atoms with Crippen molar-refractivity contribution in [1.29, 1.82) is 0 Å². The molecule has 1 saturated heterocycles. The van der Waals surface area contributed by atoms with E-state index in [9.17, 15) is 4.79 Å². The third-order valence-electron chi connectivity index (χ3n) is 5.04. The van der Waals surface area contributed by atoms with Gasteiger partial charge in [0.15, 0.2) is 28.8 Å². The SMILES string of the molecule is CC[C@H]1O[C@H](n2cnc3c(Cl)nc(N)nc32)[C@@](C)(OC(=O)c2ccccc2)[C@@H]1F. The molecule has 1 aliphatic heterocycles. The molecule has 3 heterocycles. The highest BCUT2D eigenvalue weighted by Crippen LogP contribution is 2.45. The van der Waals surface area contributed by atoms with Gasteiger partial charge in [0.2, 0.25) is 5.95 Å². The number of anilines is 1. The summed E-state index contributed by atoms with van der Waals surface area (Å²) >= 11 is 6.10. The maximum Gasteiger partial charge on any atom is 0.338 e. The van der Waals surface area contributed by atoms with Gasteiger partial charge in [-0.1, -0.05) is 36.7 Å². The lowest BCUT2D eigenvalue weighted by Crippen LogP contribution is -2.45. The number of hydrogen-bond acceptors (Lipinski definition) is 7. The van der Waals surface area contributed by atoms with Crippen LogP contribution in [0.25, 0.3) is 11.2 Å². The minimum Gasteiger partial charge on any atom is -0.448 e. The van der Waals surface area contributed by atoms with Gasteiger partial charge < -0.3 is 15.2 Å². The number of halogens is 2. The van der Waals surface area contributed by atoms with Gasteiger partial charge in [-0.05, 0) is 25.5 Å². The number of nitrogen functional groups attached to an aromatic ring is 1. The van der Waals surface area contributed by atoms with Crippen molar-refractivity contribution in [2.24, 2.45) is 0 Å². The highest BCUT2D eigenvalue weighted by molar-refractivity contribution is 6.33. The van der Waals surface area contributed by atoms with Gasteiger partial charge in [-0.3, -0.25) is 4.57 Å². The summed E-state index contributed by atoms with van der Waals surface area (Å²) in [6.45, 7) is 3.29. The summed E-state index contributed by atoms with van der Waals surface area (Å²) in [6, 6.07) is 8.38. The van der Waals surface area contributed by atoms with Crippen LogP contribution in [0.15, 0.2) is 36.7 Å². The van der Waals surface area contributed by atoms with Crippen molar-refractivity contribution >= 4 is 34.7 Å². The minimum absolute atomic E-state index is 0.0610. The number of imidazole rings is 1. The summed E-state index contributed by atoms with van der Waals surface area (Å²) in [4.78, 5) is 24.9. The van der Waals surface area contributed by atoms with Gasteiger partial charge >= 0.3 is 5.97 Å². The van der Waals surface area contributed by atoms with Crippen molar-refractivity contribution in [3.63, 3.8) is 0 Å². The van der Waals surface area contributed by atoms with E-state index in [2.05, 4.69) is 15.0 Å². The fraction of sp³-hybridized carbons (Fsp3) is 0.368. The highest BCUT2D eigenvalue weighted by atomic mass is 35.5. The number of carbonyl (C=O) groups is 1. The van der Waals surface area contributed by atoms with E-state index >= 15 is 4.39 Å². The topological polar surface area (TPSA) is 105 Å². The van der Waals surface area contributed by atoms with E-state index in [0.717, 1.165) is 0 Å². The van der Waals surface area contributed by atoms with Gasteiger partial charge in [0.1, 0.15) is 5.52 Å². The molecule has 0 saturated carbocycles. The Morgan fingerprint density at radius 1 is 1.38 bits per heavy atom. The summed E-state index contributed by atoms with van der Waals surface area (Å²) in [5.41, 5.74) is 4.94. The average Bonchev–Trinajstić information content (AvgIpc) is 3.22. The largest absolute Gasteiger partial charge is 0.448 e.